The molecule has 0 aliphatic heterocycles. The zero-order valence-electron chi connectivity index (χ0n) is 14.7. The number of nitrogens with one attached hydrogen (secondary N) is 3. The summed E-state index contributed by atoms with van der Waals surface area (Å²) in [6.45, 7) is 2.36. The molecule has 6 nitrogen and oxygen atoms in total. The zero-order valence-corrected chi connectivity index (χ0v) is 17.1. The van der Waals surface area contributed by atoms with Crippen LogP contribution in [0.3, 0.4) is 0 Å². The number of sulfonamides is 1. The van der Waals surface area contributed by atoms with E-state index in [2.05, 4.69) is 36.3 Å². The van der Waals surface area contributed by atoms with Gasteiger partial charge < -0.3 is 10.6 Å². The SMILES string of the molecule is O=S(=O)(NCCNCCNc1ccc(Br)cc1)c1cccc2cnccc12. The van der Waals surface area contributed by atoms with Crippen molar-refractivity contribution in [3.8, 4) is 0 Å². The number of hydrogen-bond acceptors (Lipinski definition) is 5. The van der Waals surface area contributed by atoms with Crippen LogP contribution in [0.4, 0.5) is 5.69 Å². The molecule has 0 aliphatic carbocycles. The molecule has 0 spiro atoms. The van der Waals surface area contributed by atoms with Gasteiger partial charge in [-0.25, -0.2) is 13.1 Å². The second-order valence-corrected chi connectivity index (χ2v) is 8.59. The molecule has 3 rings (SSSR count). The first-order valence-corrected chi connectivity index (χ1v) is 10.9. The molecular weight excluding hydrogens is 428 g/mol. The first kappa shape index (κ1) is 19.8. The van der Waals surface area contributed by atoms with Crippen LogP contribution in [0.2, 0.25) is 0 Å². The lowest BCUT2D eigenvalue weighted by Gasteiger charge is -2.11. The molecule has 3 aromatic rings. The molecule has 0 unspecified atom stereocenters. The van der Waals surface area contributed by atoms with Gasteiger partial charge in [-0.15, -0.1) is 0 Å². The van der Waals surface area contributed by atoms with Crippen molar-refractivity contribution in [3.63, 3.8) is 0 Å². The maximum absolute atomic E-state index is 12.6. The lowest BCUT2D eigenvalue weighted by Crippen LogP contribution is -2.33. The van der Waals surface area contributed by atoms with Crippen LogP contribution in [-0.4, -0.2) is 39.6 Å². The van der Waals surface area contributed by atoms with Crippen LogP contribution in [0.15, 0.2) is 70.3 Å². The largest absolute Gasteiger partial charge is 0.384 e. The second-order valence-electron chi connectivity index (χ2n) is 5.93. The Morgan fingerprint density at radius 3 is 2.52 bits per heavy atom. The Bertz CT molecular complexity index is 989. The topological polar surface area (TPSA) is 83.1 Å². The molecule has 0 saturated carbocycles. The van der Waals surface area contributed by atoms with Gasteiger partial charge in [0.05, 0.1) is 4.90 Å². The number of pyridine rings is 1. The van der Waals surface area contributed by atoms with Crippen LogP contribution in [0.1, 0.15) is 0 Å². The number of rotatable bonds is 9. The van der Waals surface area contributed by atoms with Crippen LogP contribution in [0.25, 0.3) is 10.8 Å². The van der Waals surface area contributed by atoms with Gasteiger partial charge in [0, 0.05) is 59.5 Å². The highest BCUT2D eigenvalue weighted by atomic mass is 79.9. The van der Waals surface area contributed by atoms with Gasteiger partial charge in [0.2, 0.25) is 10.0 Å². The standard InChI is InChI=1S/C19H21BrN4O2S/c20-16-4-6-17(7-5-16)23-12-10-21-11-13-24-27(25,26)19-3-1-2-15-14-22-9-8-18(15)19/h1-9,14,21,23-24H,10-13H2. The van der Waals surface area contributed by atoms with Gasteiger partial charge in [0.1, 0.15) is 0 Å². The summed E-state index contributed by atoms with van der Waals surface area (Å²) >= 11 is 3.40. The van der Waals surface area contributed by atoms with Crippen LogP contribution in [0.5, 0.6) is 0 Å². The van der Waals surface area contributed by atoms with E-state index in [9.17, 15) is 8.42 Å². The van der Waals surface area contributed by atoms with Crippen LogP contribution < -0.4 is 15.4 Å². The molecule has 1 aromatic heterocycles. The van der Waals surface area contributed by atoms with E-state index in [4.69, 9.17) is 0 Å². The molecule has 0 atom stereocenters. The van der Waals surface area contributed by atoms with Gasteiger partial charge in [-0.1, -0.05) is 28.1 Å². The Balaban J connectivity index is 1.43. The van der Waals surface area contributed by atoms with Gasteiger partial charge in [-0.05, 0) is 36.4 Å². The van der Waals surface area contributed by atoms with Gasteiger partial charge in [0.15, 0.2) is 0 Å². The summed E-state index contributed by atoms with van der Waals surface area (Å²) in [5.74, 6) is 0. The summed E-state index contributed by atoms with van der Waals surface area (Å²) in [7, 11) is -3.56. The summed E-state index contributed by atoms with van der Waals surface area (Å²) < 4.78 is 28.8. The summed E-state index contributed by atoms with van der Waals surface area (Å²) in [6.07, 6.45) is 3.26. The van der Waals surface area contributed by atoms with E-state index in [0.29, 0.717) is 18.5 Å². The van der Waals surface area contributed by atoms with Crippen molar-refractivity contribution in [1.82, 2.24) is 15.0 Å². The molecule has 0 aliphatic rings. The molecule has 3 N–H and O–H groups in total. The van der Waals surface area contributed by atoms with Gasteiger partial charge in [0.25, 0.3) is 0 Å². The van der Waals surface area contributed by atoms with E-state index in [-0.39, 0.29) is 4.90 Å². The lowest BCUT2D eigenvalue weighted by atomic mass is 10.2. The summed E-state index contributed by atoms with van der Waals surface area (Å²) in [5, 5.41) is 7.99. The maximum Gasteiger partial charge on any atom is 0.241 e. The highest BCUT2D eigenvalue weighted by Crippen LogP contribution is 2.21. The maximum atomic E-state index is 12.6. The molecule has 27 heavy (non-hydrogen) atoms. The quantitative estimate of drug-likeness (QED) is 0.438. The summed E-state index contributed by atoms with van der Waals surface area (Å²) in [5.41, 5.74) is 1.05. The van der Waals surface area contributed by atoms with Crippen molar-refractivity contribution in [1.29, 1.82) is 0 Å². The summed E-state index contributed by atoms with van der Waals surface area (Å²) in [6, 6.07) is 14.9. The first-order valence-electron chi connectivity index (χ1n) is 8.59. The van der Waals surface area contributed by atoms with E-state index >= 15 is 0 Å². The number of anilines is 1. The van der Waals surface area contributed by atoms with Gasteiger partial charge >= 0.3 is 0 Å². The summed E-state index contributed by atoms with van der Waals surface area (Å²) in [4.78, 5) is 4.31. The molecule has 2 aromatic carbocycles. The molecule has 142 valence electrons. The molecule has 0 fully saturated rings. The van der Waals surface area contributed by atoms with Gasteiger partial charge in [-0.3, -0.25) is 4.98 Å². The zero-order chi connectivity index (χ0) is 19.1. The van der Waals surface area contributed by atoms with Crippen molar-refractivity contribution in [2.45, 2.75) is 4.90 Å². The van der Waals surface area contributed by atoms with E-state index in [1.165, 1.54) is 0 Å². The molecule has 1 heterocycles. The monoisotopic (exact) mass is 448 g/mol. The van der Waals surface area contributed by atoms with E-state index in [1.807, 2.05) is 30.3 Å². The Labute approximate surface area is 167 Å². The Kier molecular flexibility index (Phi) is 6.78. The highest BCUT2D eigenvalue weighted by Gasteiger charge is 2.16. The Hall–Kier alpha value is -2.00. The average Bonchev–Trinajstić information content (AvgIpc) is 2.68. The van der Waals surface area contributed by atoms with E-state index in [0.717, 1.165) is 28.6 Å². The second kappa shape index (κ2) is 9.27. The number of benzene rings is 2. The van der Waals surface area contributed by atoms with Crippen LogP contribution in [0, 0.1) is 0 Å². The fourth-order valence-corrected chi connectivity index (χ4v) is 4.19. The number of nitrogens with zero attached hydrogens (tertiary/aromatic N) is 1. The van der Waals surface area contributed by atoms with Crippen molar-refractivity contribution in [2.75, 3.05) is 31.5 Å². The molecule has 0 amide bonds. The fourth-order valence-electron chi connectivity index (χ4n) is 2.67. The predicted octanol–water partition coefficient (Wildman–Crippen LogP) is 2.98. The number of fused-ring (bicyclic) bond motifs is 1. The Morgan fingerprint density at radius 2 is 1.70 bits per heavy atom. The highest BCUT2D eigenvalue weighted by molar-refractivity contribution is 9.10. The minimum atomic E-state index is -3.56. The van der Waals surface area contributed by atoms with E-state index in [1.54, 1.807) is 30.6 Å². The third kappa shape index (κ3) is 5.49. The number of halogens is 1. The van der Waals surface area contributed by atoms with Crippen molar-refractivity contribution in [3.05, 3.63) is 65.4 Å². The molecular formula is C19H21BrN4O2S. The van der Waals surface area contributed by atoms with Crippen LogP contribution in [-0.2, 0) is 10.0 Å². The van der Waals surface area contributed by atoms with Gasteiger partial charge in [-0.2, -0.15) is 0 Å². The molecule has 0 radical (unpaired) electrons. The fraction of sp³-hybridized carbons (Fsp3) is 0.211. The third-order valence-electron chi connectivity index (χ3n) is 4.00. The predicted molar refractivity (Wildman–Crippen MR) is 112 cm³/mol. The normalized spacial score (nSPS) is 11.6. The molecule has 8 heteroatoms. The Morgan fingerprint density at radius 1 is 0.926 bits per heavy atom. The number of hydrogen-bond donors (Lipinski definition) is 3. The first-order chi connectivity index (χ1) is 13.1. The minimum absolute atomic E-state index is 0.277. The van der Waals surface area contributed by atoms with Crippen LogP contribution >= 0.6 is 15.9 Å². The van der Waals surface area contributed by atoms with Crippen molar-refractivity contribution in [2.24, 2.45) is 0 Å². The lowest BCUT2D eigenvalue weighted by molar-refractivity contribution is 0.577. The average molecular weight is 449 g/mol. The smallest absolute Gasteiger partial charge is 0.241 e. The molecule has 0 saturated heterocycles. The minimum Gasteiger partial charge on any atom is -0.384 e. The third-order valence-corrected chi connectivity index (χ3v) is 6.05. The number of aromatic nitrogens is 1. The van der Waals surface area contributed by atoms with E-state index < -0.39 is 10.0 Å². The molecule has 0 bridgehead atoms. The van der Waals surface area contributed by atoms with Crippen molar-refractivity contribution < 1.29 is 8.42 Å². The van der Waals surface area contributed by atoms with Crippen molar-refractivity contribution >= 4 is 42.4 Å².